The first kappa shape index (κ1) is 15.3. The Labute approximate surface area is 80.5 Å². The van der Waals surface area contributed by atoms with Gasteiger partial charge in [0.05, 0.1) is 0 Å². The highest BCUT2D eigenvalue weighted by atomic mass is 16.6. The normalized spacial score (nSPS) is 11.1. The predicted octanol–water partition coefficient (Wildman–Crippen LogP) is -2.38. The zero-order valence-electron chi connectivity index (χ0n) is 7.73. The highest BCUT2D eigenvalue weighted by Crippen LogP contribution is 1.92. The minimum atomic E-state index is -0.785. The lowest BCUT2D eigenvalue weighted by Gasteiger charge is -2.11. The van der Waals surface area contributed by atoms with Crippen molar-refractivity contribution >= 4 is 11.9 Å². The van der Waals surface area contributed by atoms with Crippen LogP contribution in [-0.2, 0) is 19.1 Å². The summed E-state index contributed by atoms with van der Waals surface area (Å²) in [6, 6.07) is 0. The van der Waals surface area contributed by atoms with Gasteiger partial charge in [-0.3, -0.25) is 0 Å². The van der Waals surface area contributed by atoms with E-state index < -0.39 is 31.3 Å². The molecule has 0 aliphatic heterocycles. The van der Waals surface area contributed by atoms with Crippen LogP contribution in [-0.4, -0.2) is 53.6 Å². The van der Waals surface area contributed by atoms with Crippen LogP contribution in [0.5, 0.6) is 0 Å². The van der Waals surface area contributed by atoms with E-state index in [1.54, 1.807) is 0 Å². The van der Waals surface area contributed by atoms with E-state index in [4.69, 9.17) is 10.2 Å². The van der Waals surface area contributed by atoms with Crippen molar-refractivity contribution in [3.05, 3.63) is 0 Å². The van der Waals surface area contributed by atoms with E-state index >= 15 is 0 Å². The van der Waals surface area contributed by atoms with Gasteiger partial charge in [0.25, 0.3) is 0 Å². The Hall–Kier alpha value is -1.18. The van der Waals surface area contributed by atoms with Crippen molar-refractivity contribution in [1.29, 1.82) is 0 Å². The largest absolute Gasteiger partial charge is 0.460 e. The van der Waals surface area contributed by atoms with Gasteiger partial charge in [-0.1, -0.05) is 0 Å². The summed E-state index contributed by atoms with van der Waals surface area (Å²) < 4.78 is 9.00. The molecule has 0 aliphatic rings. The smallest absolute Gasteiger partial charge is 0.332 e. The van der Waals surface area contributed by atoms with Crippen LogP contribution in [0.4, 0.5) is 0 Å². The van der Waals surface area contributed by atoms with Crippen molar-refractivity contribution in [1.82, 2.24) is 0 Å². The van der Waals surface area contributed by atoms with E-state index in [2.05, 4.69) is 9.47 Å². The third kappa shape index (κ3) is 7.47. The Morgan fingerprint density at radius 3 is 2.14 bits per heavy atom. The van der Waals surface area contributed by atoms with E-state index in [-0.39, 0.29) is 12.1 Å². The number of carbonyl (C=O) groups is 2. The quantitative estimate of drug-likeness (QED) is 0.488. The van der Waals surface area contributed by atoms with E-state index in [0.29, 0.717) is 0 Å². The number of ether oxygens (including phenoxy) is 2. The summed E-state index contributed by atoms with van der Waals surface area (Å²) in [6.07, 6.45) is -0.629. The molecule has 0 aliphatic carbocycles. The van der Waals surface area contributed by atoms with E-state index in [1.807, 2.05) is 0 Å². The predicted molar refractivity (Wildman–Crippen MR) is 44.3 cm³/mol. The van der Waals surface area contributed by atoms with Crippen molar-refractivity contribution in [2.24, 2.45) is 0 Å². The Kier molecular flexibility index (Phi) is 9.20. The molecule has 7 nitrogen and oxygen atoms in total. The number of rotatable bonds is 5. The van der Waals surface area contributed by atoms with Crippen LogP contribution in [0.25, 0.3) is 0 Å². The van der Waals surface area contributed by atoms with Gasteiger partial charge in [-0.2, -0.15) is 0 Å². The lowest BCUT2D eigenvalue weighted by Crippen LogP contribution is -2.24. The molecule has 0 spiro atoms. The Morgan fingerprint density at radius 2 is 1.71 bits per heavy atom. The van der Waals surface area contributed by atoms with E-state index in [9.17, 15) is 9.59 Å². The van der Waals surface area contributed by atoms with E-state index in [0.717, 1.165) is 0 Å². The summed E-state index contributed by atoms with van der Waals surface area (Å²) in [6.45, 7) is -0.0533. The lowest BCUT2D eigenvalue weighted by molar-refractivity contribution is -0.161. The Bertz CT molecular complexity index is 179. The molecule has 0 saturated carbocycles. The summed E-state index contributed by atoms with van der Waals surface area (Å²) in [4.78, 5) is 20.9. The molecular formula is C7H14O7. The summed E-state index contributed by atoms with van der Waals surface area (Å²) >= 11 is 0. The zero-order chi connectivity index (χ0) is 10.3. The molecule has 84 valence electrons. The fourth-order valence-electron chi connectivity index (χ4n) is 0.552. The summed E-state index contributed by atoms with van der Waals surface area (Å²) in [5.41, 5.74) is 0. The van der Waals surface area contributed by atoms with Gasteiger partial charge in [0.2, 0.25) is 0 Å². The molecule has 0 aromatic rings. The van der Waals surface area contributed by atoms with Gasteiger partial charge in [0, 0.05) is 0 Å². The van der Waals surface area contributed by atoms with Crippen molar-refractivity contribution in [3.8, 4) is 0 Å². The average Bonchev–Trinajstić information content (AvgIpc) is 2.13. The molecule has 0 amide bonds. The standard InChI is InChI=1S/C7H12O6.H2O/c1-5(13-7(11)3-9)4-12-6(10)2-8;/h5,8-9H,2-4H2,1H3;1H2/t5-;/m1./s1. The van der Waals surface area contributed by atoms with Gasteiger partial charge in [0.15, 0.2) is 0 Å². The maximum atomic E-state index is 10.5. The molecule has 0 rings (SSSR count). The zero-order valence-corrected chi connectivity index (χ0v) is 7.73. The second-order valence-corrected chi connectivity index (χ2v) is 2.30. The van der Waals surface area contributed by atoms with Crippen LogP contribution < -0.4 is 0 Å². The van der Waals surface area contributed by atoms with Gasteiger partial charge in [-0.05, 0) is 6.92 Å². The van der Waals surface area contributed by atoms with Crippen LogP contribution in [0.2, 0.25) is 0 Å². The fourth-order valence-corrected chi connectivity index (χ4v) is 0.552. The SMILES string of the molecule is C[C@H](COC(=O)CO)OC(=O)CO.O. The molecule has 0 aromatic carbocycles. The van der Waals surface area contributed by atoms with Crippen LogP contribution in [0.3, 0.4) is 0 Å². The topological polar surface area (TPSA) is 125 Å². The minimum Gasteiger partial charge on any atom is -0.460 e. The summed E-state index contributed by atoms with van der Waals surface area (Å²) in [7, 11) is 0. The first-order valence-electron chi connectivity index (χ1n) is 3.67. The molecule has 0 fully saturated rings. The number of aliphatic hydroxyl groups excluding tert-OH is 2. The van der Waals surface area contributed by atoms with Crippen molar-refractivity contribution in [3.63, 3.8) is 0 Å². The minimum absolute atomic E-state index is 0. The number of aliphatic hydroxyl groups is 2. The molecule has 0 bridgehead atoms. The molecule has 14 heavy (non-hydrogen) atoms. The second-order valence-electron chi connectivity index (χ2n) is 2.30. The van der Waals surface area contributed by atoms with Gasteiger partial charge in [-0.15, -0.1) is 0 Å². The monoisotopic (exact) mass is 210 g/mol. The number of esters is 2. The number of hydrogen-bond donors (Lipinski definition) is 2. The van der Waals surface area contributed by atoms with Gasteiger partial charge >= 0.3 is 11.9 Å². The van der Waals surface area contributed by atoms with Crippen molar-refractivity contribution < 1.29 is 34.8 Å². The highest BCUT2D eigenvalue weighted by Gasteiger charge is 2.10. The molecular weight excluding hydrogens is 196 g/mol. The van der Waals surface area contributed by atoms with Gasteiger partial charge < -0.3 is 25.2 Å². The van der Waals surface area contributed by atoms with Crippen LogP contribution in [0, 0.1) is 0 Å². The van der Waals surface area contributed by atoms with Crippen LogP contribution in [0.1, 0.15) is 6.92 Å². The lowest BCUT2D eigenvalue weighted by atomic mass is 10.4. The average molecular weight is 210 g/mol. The maximum absolute atomic E-state index is 10.5. The molecule has 0 saturated heterocycles. The van der Waals surface area contributed by atoms with Gasteiger partial charge in [-0.25, -0.2) is 9.59 Å². The van der Waals surface area contributed by atoms with Crippen LogP contribution >= 0.6 is 0 Å². The van der Waals surface area contributed by atoms with E-state index in [1.165, 1.54) is 6.92 Å². The molecule has 0 heterocycles. The second kappa shape index (κ2) is 8.42. The molecule has 0 aromatic heterocycles. The maximum Gasteiger partial charge on any atom is 0.332 e. The first-order chi connectivity index (χ1) is 6.10. The first-order valence-corrected chi connectivity index (χ1v) is 3.67. The molecule has 4 N–H and O–H groups in total. The van der Waals surface area contributed by atoms with Gasteiger partial charge in [0.1, 0.15) is 25.9 Å². The summed E-state index contributed by atoms with van der Waals surface area (Å²) in [5.74, 6) is -1.57. The molecule has 1 atom stereocenters. The Balaban J connectivity index is 0. The third-order valence-corrected chi connectivity index (χ3v) is 1.07. The Morgan fingerprint density at radius 1 is 1.21 bits per heavy atom. The number of carbonyl (C=O) groups excluding carboxylic acids is 2. The summed E-state index contributed by atoms with van der Waals surface area (Å²) in [5, 5.41) is 16.5. The third-order valence-electron chi connectivity index (χ3n) is 1.07. The highest BCUT2D eigenvalue weighted by molar-refractivity contribution is 5.71. The number of hydrogen-bond acceptors (Lipinski definition) is 6. The molecule has 0 unspecified atom stereocenters. The molecule has 0 radical (unpaired) electrons. The van der Waals surface area contributed by atoms with Crippen LogP contribution in [0.15, 0.2) is 0 Å². The molecule has 7 heteroatoms. The fraction of sp³-hybridized carbons (Fsp3) is 0.714. The van der Waals surface area contributed by atoms with Crippen molar-refractivity contribution in [2.45, 2.75) is 13.0 Å². The van der Waals surface area contributed by atoms with Crippen molar-refractivity contribution in [2.75, 3.05) is 19.8 Å².